The molecule has 0 heterocycles. The van der Waals surface area contributed by atoms with Crippen LogP contribution in [0.15, 0.2) is 34.9 Å². The summed E-state index contributed by atoms with van der Waals surface area (Å²) in [6, 6.07) is 7.39. The van der Waals surface area contributed by atoms with Gasteiger partial charge in [0.05, 0.1) is 38.1 Å². The molecule has 0 radical (unpaired) electrons. The van der Waals surface area contributed by atoms with Crippen molar-refractivity contribution in [2.75, 3.05) is 67.2 Å². The monoisotopic (exact) mass is 520 g/mol. The van der Waals surface area contributed by atoms with Crippen molar-refractivity contribution in [1.29, 1.82) is 5.26 Å². The molecule has 1 N–H and O–H groups in total. The summed E-state index contributed by atoms with van der Waals surface area (Å²) < 4.78 is 59.7. The Hall–Kier alpha value is -1.97. The van der Waals surface area contributed by atoms with Crippen molar-refractivity contribution in [1.82, 2.24) is 5.32 Å². The van der Waals surface area contributed by atoms with Crippen LogP contribution in [0.2, 0.25) is 0 Å². The first-order valence-corrected chi connectivity index (χ1v) is 12.9. The maximum Gasteiger partial charge on any atom is 0.357 e. The van der Waals surface area contributed by atoms with Gasteiger partial charge >= 0.3 is 13.6 Å². The summed E-state index contributed by atoms with van der Waals surface area (Å²) in [7, 11) is 0.167. The van der Waals surface area contributed by atoms with Crippen LogP contribution >= 0.6 is 19.4 Å². The minimum Gasteiger partial charge on any atom is -0.459 e. The lowest BCUT2D eigenvalue weighted by Gasteiger charge is -2.29. The van der Waals surface area contributed by atoms with E-state index in [1.807, 2.05) is 0 Å². The number of nitriles is 1. The third-order valence-electron chi connectivity index (χ3n) is 4.17. The second-order valence-corrected chi connectivity index (χ2v) is 9.34. The first kappa shape index (κ1) is 30.1. The normalized spacial score (nSPS) is 13.1. The molecular weight excluding hydrogens is 490 g/mol. The molecule has 190 valence electrons. The number of halogens is 1. The third-order valence-corrected chi connectivity index (χ3v) is 7.02. The Morgan fingerprint density at radius 3 is 2.12 bits per heavy atom. The molecule has 0 aliphatic carbocycles. The topological polar surface area (TPSA) is 125 Å². The van der Waals surface area contributed by atoms with Crippen LogP contribution in [-0.2, 0) is 37.4 Å². The molecule has 0 aliphatic rings. The van der Waals surface area contributed by atoms with E-state index in [9.17, 15) is 19.0 Å². The van der Waals surface area contributed by atoms with Crippen LogP contribution in [0.1, 0.15) is 11.3 Å². The minimum absolute atomic E-state index is 0.00378. The van der Waals surface area contributed by atoms with Gasteiger partial charge in [-0.15, -0.1) is 11.8 Å². The average Bonchev–Trinajstić information content (AvgIpc) is 2.82. The summed E-state index contributed by atoms with van der Waals surface area (Å²) in [5.74, 6) is -3.01. The van der Waals surface area contributed by atoms with E-state index in [1.54, 1.807) is 18.4 Å². The number of nitrogens with one attached hydrogen (secondary N) is 1. The molecular formula is C21H30FN2O8PS. The molecule has 0 aromatic heterocycles. The predicted molar refractivity (Wildman–Crippen MR) is 125 cm³/mol. The number of ether oxygens (including phenoxy) is 4. The quantitative estimate of drug-likeness (QED) is 0.107. The van der Waals surface area contributed by atoms with E-state index in [0.717, 1.165) is 11.8 Å². The fourth-order valence-corrected chi connectivity index (χ4v) is 5.07. The molecule has 1 aromatic carbocycles. The van der Waals surface area contributed by atoms with Gasteiger partial charge in [0.15, 0.2) is 11.4 Å². The summed E-state index contributed by atoms with van der Waals surface area (Å²) >= 11 is 0.982. The van der Waals surface area contributed by atoms with E-state index in [-0.39, 0.29) is 55.8 Å². The van der Waals surface area contributed by atoms with Crippen molar-refractivity contribution in [3.8, 4) is 6.07 Å². The fraction of sp³-hybridized carbons (Fsp3) is 0.524. The standard InChI is InChI=1S/C21H30FN2O8PS/c1-27-9-12-30-21(25)17(15-23)20(34-4)24-19(16-7-5-6-8-18(16)22)33(26,31-13-10-28-2)32-14-11-29-3/h5-8,19,24H,9-14H2,1-4H3/b20-17+. The lowest BCUT2D eigenvalue weighted by molar-refractivity contribution is -0.139. The molecule has 0 amide bonds. The molecule has 0 spiro atoms. The molecule has 1 rings (SSSR count). The molecule has 0 fully saturated rings. The van der Waals surface area contributed by atoms with Gasteiger partial charge < -0.3 is 33.3 Å². The highest BCUT2D eigenvalue weighted by Gasteiger charge is 2.40. The van der Waals surface area contributed by atoms with Gasteiger partial charge in [0.1, 0.15) is 18.5 Å². The Bertz CT molecular complexity index is 882. The van der Waals surface area contributed by atoms with Gasteiger partial charge in [0.2, 0.25) is 0 Å². The molecule has 0 bridgehead atoms. The number of carbonyl (C=O) groups excluding carboxylic acids is 1. The van der Waals surface area contributed by atoms with E-state index >= 15 is 0 Å². The molecule has 0 saturated heterocycles. The SMILES string of the molecule is COCCOC(=O)/C(C#N)=C(\NC(c1ccccc1F)P(=O)(OCCOC)OCCOC)SC. The summed E-state index contributed by atoms with van der Waals surface area (Å²) in [6.45, 7) is 0.0356. The Kier molecular flexibility index (Phi) is 14.7. The smallest absolute Gasteiger partial charge is 0.357 e. The lowest BCUT2D eigenvalue weighted by Crippen LogP contribution is -2.26. The van der Waals surface area contributed by atoms with Crippen LogP contribution in [-0.4, -0.2) is 73.2 Å². The van der Waals surface area contributed by atoms with Crippen LogP contribution in [0.25, 0.3) is 0 Å². The Balaban J connectivity index is 3.49. The van der Waals surface area contributed by atoms with Gasteiger partial charge in [0, 0.05) is 26.9 Å². The highest BCUT2D eigenvalue weighted by Crippen LogP contribution is 2.60. The van der Waals surface area contributed by atoms with Crippen LogP contribution in [0.3, 0.4) is 0 Å². The fourth-order valence-electron chi connectivity index (χ4n) is 2.54. The molecule has 1 atom stereocenters. The van der Waals surface area contributed by atoms with Crippen LogP contribution in [0, 0.1) is 17.1 Å². The van der Waals surface area contributed by atoms with Gasteiger partial charge in [-0.3, -0.25) is 4.57 Å². The molecule has 10 nitrogen and oxygen atoms in total. The molecule has 1 unspecified atom stereocenters. The summed E-state index contributed by atoms with van der Waals surface area (Å²) in [4.78, 5) is 12.5. The number of benzene rings is 1. The van der Waals surface area contributed by atoms with E-state index in [2.05, 4.69) is 5.32 Å². The van der Waals surface area contributed by atoms with Gasteiger partial charge in [-0.05, 0) is 12.3 Å². The number of carbonyl (C=O) groups is 1. The highest BCUT2D eigenvalue weighted by atomic mass is 32.2. The number of hydrogen-bond acceptors (Lipinski definition) is 11. The van der Waals surface area contributed by atoms with Gasteiger partial charge in [-0.2, -0.15) is 5.26 Å². The van der Waals surface area contributed by atoms with E-state index < -0.39 is 25.2 Å². The third kappa shape index (κ3) is 9.35. The lowest BCUT2D eigenvalue weighted by atomic mass is 10.2. The summed E-state index contributed by atoms with van der Waals surface area (Å²) in [6.07, 6.45) is 1.59. The second-order valence-electron chi connectivity index (χ2n) is 6.41. The van der Waals surface area contributed by atoms with Crippen molar-refractivity contribution >= 4 is 25.3 Å². The molecule has 13 heteroatoms. The predicted octanol–water partition coefficient (Wildman–Crippen LogP) is 3.22. The van der Waals surface area contributed by atoms with E-state index in [4.69, 9.17) is 28.0 Å². The second kappa shape index (κ2) is 16.6. The zero-order valence-corrected chi connectivity index (χ0v) is 21.3. The van der Waals surface area contributed by atoms with Crippen LogP contribution in [0.5, 0.6) is 0 Å². The maximum atomic E-state index is 14.8. The largest absolute Gasteiger partial charge is 0.459 e. The number of hydrogen-bond donors (Lipinski definition) is 1. The van der Waals surface area contributed by atoms with Crippen molar-refractivity contribution < 1.29 is 41.7 Å². The Labute approximate surface area is 203 Å². The van der Waals surface area contributed by atoms with Crippen molar-refractivity contribution in [3.05, 3.63) is 46.2 Å². The van der Waals surface area contributed by atoms with Gasteiger partial charge in [-0.1, -0.05) is 18.2 Å². The Morgan fingerprint density at radius 2 is 1.62 bits per heavy atom. The minimum atomic E-state index is -4.15. The van der Waals surface area contributed by atoms with Crippen LogP contribution in [0.4, 0.5) is 4.39 Å². The maximum absolute atomic E-state index is 14.8. The number of rotatable bonds is 17. The van der Waals surface area contributed by atoms with Crippen LogP contribution < -0.4 is 5.32 Å². The first-order chi connectivity index (χ1) is 16.4. The average molecular weight is 521 g/mol. The molecule has 0 saturated carbocycles. The number of methoxy groups -OCH3 is 3. The van der Waals surface area contributed by atoms with Crippen molar-refractivity contribution in [3.63, 3.8) is 0 Å². The van der Waals surface area contributed by atoms with E-state index in [0.29, 0.717) is 0 Å². The molecule has 34 heavy (non-hydrogen) atoms. The van der Waals surface area contributed by atoms with Crippen molar-refractivity contribution in [2.24, 2.45) is 0 Å². The van der Waals surface area contributed by atoms with Gasteiger partial charge in [0.25, 0.3) is 0 Å². The highest BCUT2D eigenvalue weighted by molar-refractivity contribution is 8.02. The van der Waals surface area contributed by atoms with E-state index in [1.165, 1.54) is 39.5 Å². The molecule has 0 aliphatic heterocycles. The molecule has 1 aromatic rings. The zero-order valence-electron chi connectivity index (χ0n) is 19.6. The summed E-state index contributed by atoms with van der Waals surface area (Å²) in [5, 5.41) is 12.4. The Morgan fingerprint density at radius 1 is 1.06 bits per heavy atom. The zero-order chi connectivity index (χ0) is 25.4. The summed E-state index contributed by atoms with van der Waals surface area (Å²) in [5.41, 5.74) is -0.428. The number of nitrogens with zero attached hydrogens (tertiary/aromatic N) is 1. The number of esters is 1. The van der Waals surface area contributed by atoms with Gasteiger partial charge in [-0.25, -0.2) is 9.18 Å². The number of thioether (sulfide) groups is 1. The first-order valence-electron chi connectivity index (χ1n) is 10.1. The van der Waals surface area contributed by atoms with Crippen molar-refractivity contribution in [2.45, 2.75) is 5.78 Å².